The lowest BCUT2D eigenvalue weighted by Crippen LogP contribution is -2.08. The van der Waals surface area contributed by atoms with E-state index in [-0.39, 0.29) is 11.9 Å². The number of ether oxygens (including phenoxy) is 1. The molecule has 0 aliphatic heterocycles. The van der Waals surface area contributed by atoms with Crippen LogP contribution in [0.25, 0.3) is 0 Å². The van der Waals surface area contributed by atoms with Crippen LogP contribution in [0.15, 0.2) is 42.5 Å². The van der Waals surface area contributed by atoms with Crippen LogP contribution in [-0.2, 0) is 6.61 Å². The Bertz CT molecular complexity index is 647. The Balaban J connectivity index is 2.16. The van der Waals surface area contributed by atoms with Crippen molar-refractivity contribution in [3.8, 4) is 11.8 Å². The van der Waals surface area contributed by atoms with Crippen molar-refractivity contribution in [3.63, 3.8) is 0 Å². The van der Waals surface area contributed by atoms with Gasteiger partial charge in [0, 0.05) is 11.6 Å². The van der Waals surface area contributed by atoms with Gasteiger partial charge in [-0.05, 0) is 42.8 Å². The second kappa shape index (κ2) is 6.18. The number of nitrogens with zero attached hydrogens (tertiary/aromatic N) is 1. The average molecular weight is 270 g/mol. The average Bonchev–Trinajstić information content (AvgIpc) is 2.46. The lowest BCUT2D eigenvalue weighted by atomic mass is 10.1. The molecule has 1 atom stereocenters. The lowest BCUT2D eigenvalue weighted by molar-refractivity contribution is 0.301. The molecule has 2 aromatic carbocycles. The molecule has 0 saturated heterocycles. The number of hydrogen-bond acceptors (Lipinski definition) is 3. The molecular weight excluding hydrogens is 255 g/mol. The minimum absolute atomic E-state index is 0.306. The Morgan fingerprint density at radius 3 is 2.80 bits per heavy atom. The predicted molar refractivity (Wildman–Crippen MR) is 74.5 cm³/mol. The van der Waals surface area contributed by atoms with Crippen molar-refractivity contribution in [2.75, 3.05) is 0 Å². The normalized spacial score (nSPS) is 11.7. The van der Waals surface area contributed by atoms with Crippen molar-refractivity contribution < 1.29 is 9.13 Å². The summed E-state index contributed by atoms with van der Waals surface area (Å²) in [7, 11) is 0. The Morgan fingerprint density at radius 2 is 2.10 bits per heavy atom. The lowest BCUT2D eigenvalue weighted by Gasteiger charge is -2.14. The summed E-state index contributed by atoms with van der Waals surface area (Å²) in [5.41, 5.74) is 7.89. The number of nitrogens with two attached hydrogens (primary N) is 1. The summed E-state index contributed by atoms with van der Waals surface area (Å²) >= 11 is 0. The van der Waals surface area contributed by atoms with Gasteiger partial charge in [-0.15, -0.1) is 0 Å². The highest BCUT2D eigenvalue weighted by atomic mass is 19.1. The van der Waals surface area contributed by atoms with E-state index in [2.05, 4.69) is 6.07 Å². The van der Waals surface area contributed by atoms with Crippen molar-refractivity contribution in [2.45, 2.75) is 19.6 Å². The van der Waals surface area contributed by atoms with Gasteiger partial charge in [0.2, 0.25) is 0 Å². The first kappa shape index (κ1) is 14.0. The van der Waals surface area contributed by atoms with Crippen LogP contribution in [0.5, 0.6) is 5.75 Å². The van der Waals surface area contributed by atoms with Crippen molar-refractivity contribution in [1.29, 1.82) is 5.26 Å². The minimum Gasteiger partial charge on any atom is -0.489 e. The van der Waals surface area contributed by atoms with Crippen LogP contribution >= 0.6 is 0 Å². The van der Waals surface area contributed by atoms with Crippen LogP contribution in [0.4, 0.5) is 4.39 Å². The second-order valence-electron chi connectivity index (χ2n) is 4.57. The first-order valence-electron chi connectivity index (χ1n) is 6.27. The summed E-state index contributed by atoms with van der Waals surface area (Å²) in [6.45, 7) is 2.08. The standard InChI is InChI=1S/C16H15FN2O/c1-11(19)15-8-14(17)5-6-16(15)20-10-13-4-2-3-12(7-13)9-18/h2-8,11H,10,19H2,1H3/t11-/m0/s1. The van der Waals surface area contributed by atoms with Gasteiger partial charge in [0.1, 0.15) is 18.2 Å². The Labute approximate surface area is 117 Å². The van der Waals surface area contributed by atoms with Crippen molar-refractivity contribution in [2.24, 2.45) is 5.73 Å². The summed E-state index contributed by atoms with van der Waals surface area (Å²) < 4.78 is 18.9. The zero-order valence-corrected chi connectivity index (χ0v) is 11.1. The first-order chi connectivity index (χ1) is 9.60. The molecule has 0 fully saturated rings. The smallest absolute Gasteiger partial charge is 0.124 e. The van der Waals surface area contributed by atoms with Crippen LogP contribution in [0.1, 0.15) is 29.7 Å². The Hall–Kier alpha value is -2.38. The molecule has 3 nitrogen and oxygen atoms in total. The van der Waals surface area contributed by atoms with Crippen LogP contribution in [0, 0.1) is 17.1 Å². The predicted octanol–water partition coefficient (Wildman–Crippen LogP) is 3.30. The highest BCUT2D eigenvalue weighted by molar-refractivity contribution is 5.37. The van der Waals surface area contributed by atoms with E-state index in [4.69, 9.17) is 15.7 Å². The molecule has 0 spiro atoms. The molecule has 0 radical (unpaired) electrons. The largest absolute Gasteiger partial charge is 0.489 e. The quantitative estimate of drug-likeness (QED) is 0.927. The van der Waals surface area contributed by atoms with E-state index in [9.17, 15) is 4.39 Å². The zero-order valence-electron chi connectivity index (χ0n) is 11.1. The monoisotopic (exact) mass is 270 g/mol. The van der Waals surface area contributed by atoms with Gasteiger partial charge in [0.25, 0.3) is 0 Å². The van der Waals surface area contributed by atoms with Crippen LogP contribution < -0.4 is 10.5 Å². The van der Waals surface area contributed by atoms with E-state index in [1.165, 1.54) is 12.1 Å². The molecule has 2 N–H and O–H groups in total. The van der Waals surface area contributed by atoms with Gasteiger partial charge in [-0.2, -0.15) is 5.26 Å². The van der Waals surface area contributed by atoms with Crippen molar-refractivity contribution in [3.05, 3.63) is 65.0 Å². The molecule has 2 rings (SSSR count). The van der Waals surface area contributed by atoms with Crippen LogP contribution in [0.2, 0.25) is 0 Å². The molecule has 0 heterocycles. The minimum atomic E-state index is -0.337. The summed E-state index contributed by atoms with van der Waals surface area (Å²) in [5.74, 6) is 0.222. The van der Waals surface area contributed by atoms with Crippen LogP contribution in [-0.4, -0.2) is 0 Å². The number of rotatable bonds is 4. The number of hydrogen-bond donors (Lipinski definition) is 1. The molecule has 0 saturated carbocycles. The molecular formula is C16H15FN2O. The third kappa shape index (κ3) is 3.34. The van der Waals surface area contributed by atoms with Gasteiger partial charge in [-0.25, -0.2) is 4.39 Å². The summed E-state index contributed by atoms with van der Waals surface area (Å²) in [6.07, 6.45) is 0. The van der Waals surface area contributed by atoms with Gasteiger partial charge in [0.05, 0.1) is 11.6 Å². The summed E-state index contributed by atoms with van der Waals surface area (Å²) in [5, 5.41) is 8.85. The molecule has 20 heavy (non-hydrogen) atoms. The van der Waals surface area contributed by atoms with E-state index < -0.39 is 0 Å². The maximum Gasteiger partial charge on any atom is 0.124 e. The van der Waals surface area contributed by atoms with Gasteiger partial charge in [-0.1, -0.05) is 12.1 Å². The third-order valence-electron chi connectivity index (χ3n) is 2.91. The molecule has 0 aromatic heterocycles. The fraction of sp³-hybridized carbons (Fsp3) is 0.188. The van der Waals surface area contributed by atoms with Gasteiger partial charge in [0.15, 0.2) is 0 Å². The molecule has 2 aromatic rings. The molecule has 0 amide bonds. The van der Waals surface area contributed by atoms with E-state index in [0.29, 0.717) is 23.5 Å². The Kier molecular flexibility index (Phi) is 4.34. The van der Waals surface area contributed by atoms with E-state index in [0.717, 1.165) is 5.56 Å². The van der Waals surface area contributed by atoms with E-state index in [1.54, 1.807) is 31.2 Å². The highest BCUT2D eigenvalue weighted by Crippen LogP contribution is 2.25. The van der Waals surface area contributed by atoms with E-state index >= 15 is 0 Å². The molecule has 0 aliphatic rings. The molecule has 0 aliphatic carbocycles. The summed E-state index contributed by atoms with van der Waals surface area (Å²) in [4.78, 5) is 0. The highest BCUT2D eigenvalue weighted by Gasteiger charge is 2.10. The molecule has 0 unspecified atom stereocenters. The third-order valence-corrected chi connectivity index (χ3v) is 2.91. The maximum absolute atomic E-state index is 13.2. The van der Waals surface area contributed by atoms with Gasteiger partial charge >= 0.3 is 0 Å². The number of benzene rings is 2. The molecule has 102 valence electrons. The SMILES string of the molecule is C[C@H](N)c1cc(F)ccc1OCc1cccc(C#N)c1. The maximum atomic E-state index is 13.2. The van der Waals surface area contributed by atoms with Gasteiger partial charge < -0.3 is 10.5 Å². The first-order valence-corrected chi connectivity index (χ1v) is 6.27. The molecule has 4 heteroatoms. The van der Waals surface area contributed by atoms with Crippen molar-refractivity contribution >= 4 is 0 Å². The second-order valence-corrected chi connectivity index (χ2v) is 4.57. The van der Waals surface area contributed by atoms with E-state index in [1.807, 2.05) is 6.07 Å². The van der Waals surface area contributed by atoms with Crippen LogP contribution in [0.3, 0.4) is 0 Å². The Morgan fingerprint density at radius 1 is 1.30 bits per heavy atom. The number of halogens is 1. The molecule has 0 bridgehead atoms. The van der Waals surface area contributed by atoms with Gasteiger partial charge in [-0.3, -0.25) is 0 Å². The fourth-order valence-electron chi connectivity index (χ4n) is 1.90. The van der Waals surface area contributed by atoms with Crippen molar-refractivity contribution in [1.82, 2.24) is 0 Å². The summed E-state index contributed by atoms with van der Waals surface area (Å²) in [6, 6.07) is 13.2. The number of nitriles is 1. The zero-order chi connectivity index (χ0) is 14.5. The topological polar surface area (TPSA) is 59.0 Å². The fourth-order valence-corrected chi connectivity index (χ4v) is 1.90.